The van der Waals surface area contributed by atoms with Crippen molar-refractivity contribution in [3.63, 3.8) is 0 Å². The lowest BCUT2D eigenvalue weighted by molar-refractivity contribution is 0.159. The molecule has 0 aromatic heterocycles. The van der Waals surface area contributed by atoms with E-state index in [1.54, 1.807) is 0 Å². The van der Waals surface area contributed by atoms with Gasteiger partial charge >= 0.3 is 0 Å². The molecule has 0 unspecified atom stereocenters. The van der Waals surface area contributed by atoms with Gasteiger partial charge in [0.05, 0.1) is 6.61 Å². The summed E-state index contributed by atoms with van der Waals surface area (Å²) < 4.78 is 0. The quantitative estimate of drug-likeness (QED) is 0.621. The van der Waals surface area contributed by atoms with E-state index in [1.165, 1.54) is 12.8 Å². The number of hydrogen-bond acceptors (Lipinski definition) is 2. The third kappa shape index (κ3) is 4.73. The fourth-order valence-electron chi connectivity index (χ4n) is 1.10. The van der Waals surface area contributed by atoms with Crippen LogP contribution in [-0.4, -0.2) is 24.3 Å². The zero-order chi connectivity index (χ0) is 9.61. The van der Waals surface area contributed by atoms with Crippen molar-refractivity contribution in [2.75, 3.05) is 13.2 Å². The number of rotatable bonds is 5. The number of hydrogen-bond donors (Lipinski definition) is 2. The second-order valence-electron chi connectivity index (χ2n) is 4.41. The monoisotopic (exact) mass is 173 g/mol. The summed E-state index contributed by atoms with van der Waals surface area (Å²) >= 11 is 0. The van der Waals surface area contributed by atoms with Gasteiger partial charge in [0, 0.05) is 6.04 Å². The van der Waals surface area contributed by atoms with Crippen molar-refractivity contribution in [2.45, 2.75) is 46.6 Å². The Kier molecular flexibility index (Phi) is 5.51. The summed E-state index contributed by atoms with van der Waals surface area (Å²) in [5.41, 5.74) is 0.155. The van der Waals surface area contributed by atoms with E-state index in [0.717, 1.165) is 6.54 Å². The number of unbranched alkanes of at least 4 members (excludes halogenated alkanes) is 1. The van der Waals surface area contributed by atoms with E-state index in [9.17, 15) is 0 Å². The van der Waals surface area contributed by atoms with Crippen LogP contribution in [0.1, 0.15) is 40.5 Å². The highest BCUT2D eigenvalue weighted by Crippen LogP contribution is 2.18. The molecule has 0 saturated heterocycles. The van der Waals surface area contributed by atoms with Crippen molar-refractivity contribution in [3.8, 4) is 0 Å². The highest BCUT2D eigenvalue weighted by atomic mass is 16.3. The van der Waals surface area contributed by atoms with Crippen LogP contribution in [0.2, 0.25) is 0 Å². The van der Waals surface area contributed by atoms with E-state index in [1.807, 2.05) is 0 Å². The van der Waals surface area contributed by atoms with Gasteiger partial charge in [-0.1, -0.05) is 34.1 Å². The maximum Gasteiger partial charge on any atom is 0.0589 e. The standard InChI is InChI=1S/C10H23NO/c1-5-6-7-11-9(8-12)10(2,3)4/h9,11-12H,5-8H2,1-4H3/t9-/m1/s1. The fourth-order valence-corrected chi connectivity index (χ4v) is 1.10. The summed E-state index contributed by atoms with van der Waals surface area (Å²) in [4.78, 5) is 0. The van der Waals surface area contributed by atoms with Crippen molar-refractivity contribution in [1.29, 1.82) is 0 Å². The summed E-state index contributed by atoms with van der Waals surface area (Å²) in [7, 11) is 0. The largest absolute Gasteiger partial charge is 0.395 e. The van der Waals surface area contributed by atoms with Crippen LogP contribution < -0.4 is 5.32 Å². The van der Waals surface area contributed by atoms with E-state index in [2.05, 4.69) is 33.0 Å². The van der Waals surface area contributed by atoms with Crippen LogP contribution in [0.15, 0.2) is 0 Å². The summed E-state index contributed by atoms with van der Waals surface area (Å²) in [5.74, 6) is 0. The maximum atomic E-state index is 9.10. The third-order valence-electron chi connectivity index (χ3n) is 2.15. The molecule has 0 radical (unpaired) electrons. The molecule has 0 aromatic rings. The molecule has 2 N–H and O–H groups in total. The van der Waals surface area contributed by atoms with Gasteiger partial charge in [0.2, 0.25) is 0 Å². The minimum Gasteiger partial charge on any atom is -0.395 e. The van der Waals surface area contributed by atoms with Crippen LogP contribution in [0.5, 0.6) is 0 Å². The van der Waals surface area contributed by atoms with Crippen LogP contribution in [0.4, 0.5) is 0 Å². The maximum absolute atomic E-state index is 9.10. The molecule has 0 aromatic carbocycles. The Morgan fingerprint density at radius 1 is 1.33 bits per heavy atom. The van der Waals surface area contributed by atoms with Crippen molar-refractivity contribution in [2.24, 2.45) is 5.41 Å². The number of nitrogens with one attached hydrogen (secondary N) is 1. The number of aliphatic hydroxyl groups is 1. The Bertz CT molecular complexity index is 107. The van der Waals surface area contributed by atoms with Gasteiger partial charge in [0.15, 0.2) is 0 Å². The van der Waals surface area contributed by atoms with Crippen molar-refractivity contribution in [3.05, 3.63) is 0 Å². The van der Waals surface area contributed by atoms with Gasteiger partial charge in [0.25, 0.3) is 0 Å². The minimum atomic E-state index is 0.155. The molecule has 2 heteroatoms. The molecule has 0 fully saturated rings. The SMILES string of the molecule is CCCCN[C@H](CO)C(C)(C)C. The minimum absolute atomic E-state index is 0.155. The predicted octanol–water partition coefficient (Wildman–Crippen LogP) is 1.78. The molecule has 0 amide bonds. The molecule has 0 aliphatic rings. The lowest BCUT2D eigenvalue weighted by Crippen LogP contribution is -2.43. The Morgan fingerprint density at radius 3 is 2.25 bits per heavy atom. The molecular weight excluding hydrogens is 150 g/mol. The lowest BCUT2D eigenvalue weighted by atomic mass is 9.87. The summed E-state index contributed by atoms with van der Waals surface area (Å²) in [6.07, 6.45) is 2.39. The first-order chi connectivity index (χ1) is 5.52. The fraction of sp³-hybridized carbons (Fsp3) is 1.00. The molecule has 0 rings (SSSR count). The third-order valence-corrected chi connectivity index (χ3v) is 2.15. The molecule has 0 heterocycles. The summed E-state index contributed by atoms with van der Waals surface area (Å²) in [6, 6.07) is 0.226. The molecule has 74 valence electrons. The predicted molar refractivity (Wildman–Crippen MR) is 53.2 cm³/mol. The smallest absolute Gasteiger partial charge is 0.0589 e. The second kappa shape index (κ2) is 5.55. The molecule has 12 heavy (non-hydrogen) atoms. The zero-order valence-electron chi connectivity index (χ0n) is 8.85. The van der Waals surface area contributed by atoms with Crippen molar-refractivity contribution < 1.29 is 5.11 Å². The Balaban J connectivity index is 3.68. The molecule has 0 bridgehead atoms. The number of aliphatic hydroxyl groups excluding tert-OH is 1. The molecule has 0 aliphatic heterocycles. The van der Waals surface area contributed by atoms with Gasteiger partial charge in [-0.15, -0.1) is 0 Å². The molecule has 1 atom stereocenters. The van der Waals surface area contributed by atoms with Crippen LogP contribution in [0.25, 0.3) is 0 Å². The Labute approximate surface area is 76.4 Å². The normalized spacial score (nSPS) is 14.8. The molecule has 0 saturated carbocycles. The Morgan fingerprint density at radius 2 is 1.92 bits per heavy atom. The van der Waals surface area contributed by atoms with E-state index in [4.69, 9.17) is 5.11 Å². The lowest BCUT2D eigenvalue weighted by Gasteiger charge is -2.30. The van der Waals surface area contributed by atoms with Gasteiger partial charge in [0.1, 0.15) is 0 Å². The average molecular weight is 173 g/mol. The first kappa shape index (κ1) is 11.9. The Hall–Kier alpha value is -0.0800. The van der Waals surface area contributed by atoms with Crippen molar-refractivity contribution in [1.82, 2.24) is 5.32 Å². The first-order valence-corrected chi connectivity index (χ1v) is 4.86. The van der Waals surface area contributed by atoms with E-state index >= 15 is 0 Å². The first-order valence-electron chi connectivity index (χ1n) is 4.86. The van der Waals surface area contributed by atoms with Gasteiger partial charge in [-0.3, -0.25) is 0 Å². The molecule has 0 aliphatic carbocycles. The summed E-state index contributed by atoms with van der Waals surface area (Å²) in [6.45, 7) is 9.85. The summed E-state index contributed by atoms with van der Waals surface area (Å²) in [5, 5.41) is 12.5. The van der Waals surface area contributed by atoms with Crippen LogP contribution in [0.3, 0.4) is 0 Å². The zero-order valence-corrected chi connectivity index (χ0v) is 8.85. The van der Waals surface area contributed by atoms with E-state index in [-0.39, 0.29) is 18.1 Å². The highest BCUT2D eigenvalue weighted by Gasteiger charge is 2.22. The topological polar surface area (TPSA) is 32.3 Å². The second-order valence-corrected chi connectivity index (χ2v) is 4.41. The highest BCUT2D eigenvalue weighted by molar-refractivity contribution is 4.79. The van der Waals surface area contributed by atoms with Crippen LogP contribution in [-0.2, 0) is 0 Å². The van der Waals surface area contributed by atoms with Gasteiger partial charge in [-0.05, 0) is 18.4 Å². The van der Waals surface area contributed by atoms with Crippen LogP contribution in [0, 0.1) is 5.41 Å². The molecule has 2 nitrogen and oxygen atoms in total. The van der Waals surface area contributed by atoms with Crippen molar-refractivity contribution >= 4 is 0 Å². The molecule has 0 spiro atoms. The van der Waals surface area contributed by atoms with Gasteiger partial charge in [-0.2, -0.15) is 0 Å². The van der Waals surface area contributed by atoms with Gasteiger partial charge < -0.3 is 10.4 Å². The molecular formula is C10H23NO. The van der Waals surface area contributed by atoms with Gasteiger partial charge in [-0.25, -0.2) is 0 Å². The van der Waals surface area contributed by atoms with E-state index < -0.39 is 0 Å². The van der Waals surface area contributed by atoms with E-state index in [0.29, 0.717) is 0 Å². The van der Waals surface area contributed by atoms with Crippen LogP contribution >= 0.6 is 0 Å². The average Bonchev–Trinajstić information content (AvgIpc) is 1.95.